The number of carbonyl (C=O) groups excluding carboxylic acids is 2. The van der Waals surface area contributed by atoms with Crippen LogP contribution in [-0.2, 0) is 23.4 Å². The Labute approximate surface area is 223 Å². The first kappa shape index (κ1) is 31.7. The van der Waals surface area contributed by atoms with Crippen LogP contribution in [0.4, 0.5) is 36.8 Å². The van der Waals surface area contributed by atoms with Crippen LogP contribution in [0.25, 0.3) is 0 Å². The summed E-state index contributed by atoms with van der Waals surface area (Å²) >= 11 is 0. The van der Waals surface area contributed by atoms with Crippen LogP contribution in [-0.4, -0.2) is 29.7 Å². The summed E-state index contributed by atoms with van der Waals surface area (Å²) in [6.07, 6.45) is -6.90. The van der Waals surface area contributed by atoms with E-state index in [4.69, 9.17) is 4.74 Å². The van der Waals surface area contributed by atoms with Gasteiger partial charge in [-0.1, -0.05) is 25.6 Å². The summed E-state index contributed by atoms with van der Waals surface area (Å²) in [5, 5.41) is 5.22. The van der Waals surface area contributed by atoms with E-state index in [9.17, 15) is 31.5 Å². The Hall–Kier alpha value is -3.50. The van der Waals surface area contributed by atoms with E-state index in [1.165, 1.54) is 19.9 Å². The number of nitrogens with one attached hydrogen (secondary N) is 2. The van der Waals surface area contributed by atoms with Crippen molar-refractivity contribution >= 4 is 17.7 Å². The number of rotatable bonds is 8. The molecule has 0 heterocycles. The highest BCUT2D eigenvalue weighted by molar-refractivity contribution is 6.05. The van der Waals surface area contributed by atoms with Gasteiger partial charge in [0.1, 0.15) is 5.60 Å². The van der Waals surface area contributed by atoms with Crippen molar-refractivity contribution in [3.63, 3.8) is 0 Å². The molecule has 2 N–H and O–H groups in total. The van der Waals surface area contributed by atoms with Crippen molar-refractivity contribution in [1.82, 2.24) is 5.32 Å². The molecule has 1 atom stereocenters. The van der Waals surface area contributed by atoms with Gasteiger partial charge in [0.05, 0.1) is 0 Å². The first-order valence-electron chi connectivity index (χ1n) is 12.1. The van der Waals surface area contributed by atoms with Crippen molar-refractivity contribution in [1.29, 1.82) is 0 Å². The van der Waals surface area contributed by atoms with E-state index >= 15 is 4.39 Å². The molecule has 214 valence electrons. The lowest BCUT2D eigenvalue weighted by molar-refractivity contribution is -0.296. The van der Waals surface area contributed by atoms with Crippen LogP contribution in [0.5, 0.6) is 0 Å². The van der Waals surface area contributed by atoms with E-state index in [1.54, 1.807) is 39.8 Å². The molecule has 0 radical (unpaired) electrons. The van der Waals surface area contributed by atoms with Crippen LogP contribution in [0.1, 0.15) is 65.9 Å². The van der Waals surface area contributed by atoms with E-state index in [0.29, 0.717) is 23.3 Å². The number of hydrogen-bond acceptors (Lipinski definition) is 3. The van der Waals surface area contributed by atoms with Crippen LogP contribution < -0.4 is 10.6 Å². The zero-order valence-electron chi connectivity index (χ0n) is 22.6. The van der Waals surface area contributed by atoms with Gasteiger partial charge in [0.15, 0.2) is 0 Å². The summed E-state index contributed by atoms with van der Waals surface area (Å²) in [4.78, 5) is 24.9. The highest BCUT2D eigenvalue weighted by Gasteiger charge is 2.71. The van der Waals surface area contributed by atoms with Crippen molar-refractivity contribution in [3.8, 4) is 0 Å². The minimum Gasteiger partial charge on any atom is -0.444 e. The van der Waals surface area contributed by atoms with E-state index < -0.39 is 40.9 Å². The largest absolute Gasteiger partial charge is 0.444 e. The molecule has 0 aliphatic carbocycles. The molecule has 0 fully saturated rings. The standard InChI is InChI=1S/C28H32F6N2O3/c1-8-18-14-21(27(31,28(32,33)34)26(29,30)9-2)13-17(4)22(18)36-23(37)19-10-11-20(16(3)12-19)15-35-24(38)39-25(5,6)7/h9-14H,2,8,15H2,1,3-7H3,(H,35,38)(H,36,37). The molecule has 2 aromatic rings. The van der Waals surface area contributed by atoms with Gasteiger partial charge in [0, 0.05) is 23.4 Å². The molecule has 39 heavy (non-hydrogen) atoms. The number of aryl methyl sites for hydroxylation is 3. The first-order valence-corrected chi connectivity index (χ1v) is 12.1. The second-order valence-electron chi connectivity index (χ2n) is 10.1. The summed E-state index contributed by atoms with van der Waals surface area (Å²) < 4.78 is 89.6. The van der Waals surface area contributed by atoms with Crippen molar-refractivity contribution in [2.45, 2.75) is 77.9 Å². The fraction of sp³-hybridized carbons (Fsp3) is 0.429. The van der Waals surface area contributed by atoms with Crippen LogP contribution in [0, 0.1) is 13.8 Å². The normalized spacial score (nSPS) is 13.8. The fourth-order valence-electron chi connectivity index (χ4n) is 3.91. The Kier molecular flexibility index (Phi) is 9.20. The first-order chi connectivity index (χ1) is 17.8. The monoisotopic (exact) mass is 558 g/mol. The SMILES string of the molecule is C=CC(F)(F)C(F)(c1cc(C)c(NC(=O)c2ccc(CNC(=O)OC(C)(C)C)c(C)c2)c(CC)c1)C(F)(F)F. The van der Waals surface area contributed by atoms with Crippen LogP contribution in [0.2, 0.25) is 0 Å². The summed E-state index contributed by atoms with van der Waals surface area (Å²) in [5.41, 5.74) is -5.29. The fourth-order valence-corrected chi connectivity index (χ4v) is 3.91. The molecule has 0 bridgehead atoms. The maximum atomic E-state index is 15.2. The summed E-state index contributed by atoms with van der Waals surface area (Å²) in [6.45, 7) is 12.5. The molecule has 0 aliphatic rings. The number of halogens is 6. The summed E-state index contributed by atoms with van der Waals surface area (Å²) in [5.74, 6) is -5.56. The van der Waals surface area contributed by atoms with Gasteiger partial charge in [0.25, 0.3) is 11.6 Å². The third-order valence-corrected chi connectivity index (χ3v) is 5.97. The zero-order valence-corrected chi connectivity index (χ0v) is 22.6. The molecule has 1 unspecified atom stereocenters. The molecule has 2 amide bonds. The third kappa shape index (κ3) is 6.93. The lowest BCUT2D eigenvalue weighted by Crippen LogP contribution is -2.51. The molecule has 0 saturated heterocycles. The van der Waals surface area contributed by atoms with Crippen molar-refractivity contribution in [2.75, 3.05) is 5.32 Å². The molecule has 0 saturated carbocycles. The van der Waals surface area contributed by atoms with Gasteiger partial charge >= 0.3 is 18.2 Å². The Balaban J connectivity index is 2.35. The van der Waals surface area contributed by atoms with E-state index in [2.05, 4.69) is 17.2 Å². The number of allylic oxidation sites excluding steroid dienone is 1. The minimum atomic E-state index is -5.94. The van der Waals surface area contributed by atoms with Crippen molar-refractivity contribution in [2.24, 2.45) is 0 Å². The zero-order chi connectivity index (χ0) is 30.0. The third-order valence-electron chi connectivity index (χ3n) is 5.97. The smallest absolute Gasteiger partial charge is 0.433 e. The lowest BCUT2D eigenvalue weighted by Gasteiger charge is -2.34. The number of benzene rings is 2. The molecule has 5 nitrogen and oxygen atoms in total. The molecule has 0 aromatic heterocycles. The van der Waals surface area contributed by atoms with Gasteiger partial charge in [-0.3, -0.25) is 4.79 Å². The van der Waals surface area contributed by atoms with Crippen molar-refractivity contribution in [3.05, 3.63) is 76.4 Å². The number of alkyl halides is 6. The topological polar surface area (TPSA) is 67.4 Å². The quantitative estimate of drug-likeness (QED) is 0.258. The van der Waals surface area contributed by atoms with Gasteiger partial charge in [0.2, 0.25) is 0 Å². The molecule has 2 aromatic carbocycles. The van der Waals surface area contributed by atoms with Gasteiger partial charge in [-0.2, -0.15) is 22.0 Å². The van der Waals surface area contributed by atoms with Crippen LogP contribution in [0.3, 0.4) is 0 Å². The highest BCUT2D eigenvalue weighted by atomic mass is 19.4. The number of hydrogen-bond donors (Lipinski definition) is 2. The maximum absolute atomic E-state index is 15.2. The summed E-state index contributed by atoms with van der Waals surface area (Å²) in [7, 11) is 0. The van der Waals surface area contributed by atoms with Gasteiger partial charge in [-0.05, 0) is 87.6 Å². The van der Waals surface area contributed by atoms with E-state index in [-0.39, 0.29) is 41.4 Å². The second kappa shape index (κ2) is 11.3. The van der Waals surface area contributed by atoms with E-state index in [1.807, 2.05) is 0 Å². The van der Waals surface area contributed by atoms with Crippen LogP contribution in [0.15, 0.2) is 43.0 Å². The van der Waals surface area contributed by atoms with Gasteiger partial charge in [-0.15, -0.1) is 0 Å². The van der Waals surface area contributed by atoms with Crippen molar-refractivity contribution < 1.29 is 40.7 Å². The Morgan fingerprint density at radius 1 is 0.949 bits per heavy atom. The molecular formula is C28H32F6N2O3. The van der Waals surface area contributed by atoms with Gasteiger partial charge in [-0.25, -0.2) is 9.18 Å². The van der Waals surface area contributed by atoms with E-state index in [0.717, 1.165) is 0 Å². The lowest BCUT2D eigenvalue weighted by atomic mass is 9.85. The number of anilines is 1. The Morgan fingerprint density at radius 3 is 2.05 bits per heavy atom. The minimum absolute atomic E-state index is 0.0200. The Bertz CT molecular complexity index is 1250. The number of alkyl carbamates (subject to hydrolysis) is 1. The number of carbonyl (C=O) groups is 2. The number of amides is 2. The average Bonchev–Trinajstić information content (AvgIpc) is 2.81. The predicted molar refractivity (Wildman–Crippen MR) is 137 cm³/mol. The van der Waals surface area contributed by atoms with Crippen LogP contribution >= 0.6 is 0 Å². The summed E-state index contributed by atoms with van der Waals surface area (Å²) in [6, 6.07) is 6.00. The average molecular weight is 559 g/mol. The molecule has 2 rings (SSSR count). The van der Waals surface area contributed by atoms with Gasteiger partial charge < -0.3 is 15.4 Å². The molecule has 0 spiro atoms. The molecular weight excluding hydrogens is 526 g/mol. The maximum Gasteiger partial charge on any atom is 0.433 e. The number of ether oxygens (including phenoxy) is 1. The highest BCUT2D eigenvalue weighted by Crippen LogP contribution is 2.53. The molecule has 0 aliphatic heterocycles. The Morgan fingerprint density at radius 2 is 1.56 bits per heavy atom. The predicted octanol–water partition coefficient (Wildman–Crippen LogP) is 7.69. The second-order valence-corrected chi connectivity index (χ2v) is 10.1. The molecule has 11 heteroatoms.